The van der Waals surface area contributed by atoms with E-state index in [9.17, 15) is 38.2 Å². The number of rotatable bonds is 4. The molecule has 28 heavy (non-hydrogen) atoms. The molecule has 0 saturated heterocycles. The Morgan fingerprint density at radius 1 is 1.04 bits per heavy atom. The van der Waals surface area contributed by atoms with Crippen LogP contribution >= 0.6 is 0 Å². The summed E-state index contributed by atoms with van der Waals surface area (Å²) in [6.07, 6.45) is -5.39. The molecule has 0 radical (unpaired) electrons. The summed E-state index contributed by atoms with van der Waals surface area (Å²) >= 11 is 0. The van der Waals surface area contributed by atoms with E-state index < -0.39 is 50.7 Å². The molecule has 3 rings (SSSR count). The number of hydrogen-bond acceptors (Lipinski definition) is 7. The van der Waals surface area contributed by atoms with Crippen molar-refractivity contribution in [2.24, 2.45) is 0 Å². The fourth-order valence-corrected chi connectivity index (χ4v) is 2.36. The highest BCUT2D eigenvalue weighted by Crippen LogP contribution is 2.51. The number of amides is 1. The van der Waals surface area contributed by atoms with E-state index in [-0.39, 0.29) is 5.56 Å². The molecule has 2 aromatic rings. The maximum Gasteiger partial charge on any atom is 0.492 e. The van der Waals surface area contributed by atoms with Crippen LogP contribution in [-0.2, 0) is 0 Å². The van der Waals surface area contributed by atoms with Crippen LogP contribution in [0.5, 0.6) is 11.5 Å². The Hall–Kier alpha value is -3.90. The summed E-state index contributed by atoms with van der Waals surface area (Å²) in [5.74, 6) is -6.96. The molecule has 1 aliphatic heterocycles. The van der Waals surface area contributed by atoms with Gasteiger partial charge in [-0.2, -0.15) is 13.2 Å². The van der Waals surface area contributed by atoms with Crippen molar-refractivity contribution in [1.82, 2.24) is 5.32 Å². The van der Waals surface area contributed by atoms with Gasteiger partial charge in [-0.05, 0) is 12.1 Å². The number of nitrogens with one attached hydrogen (secondary N) is 1. The summed E-state index contributed by atoms with van der Waals surface area (Å²) in [6, 6.07) is 7.71. The molecule has 0 fully saturated rings. The molecule has 2 aromatic carbocycles. The van der Waals surface area contributed by atoms with Crippen LogP contribution in [0.25, 0.3) is 0 Å². The molecule has 0 aliphatic carbocycles. The maximum absolute atomic E-state index is 13.7. The maximum atomic E-state index is 13.7. The van der Waals surface area contributed by atoms with E-state index in [1.54, 1.807) is 0 Å². The van der Waals surface area contributed by atoms with Crippen LogP contribution in [0.3, 0.4) is 0 Å². The van der Waals surface area contributed by atoms with E-state index in [1.807, 2.05) is 0 Å². The minimum atomic E-state index is -5.39. The Bertz CT molecular complexity index is 981. The molecule has 0 spiro atoms. The second-order valence-corrected chi connectivity index (χ2v) is 5.44. The molecule has 0 unspecified atom stereocenters. The molecule has 1 atom stereocenters. The number of hydrogen-bond donors (Lipinski definition) is 1. The van der Waals surface area contributed by atoms with Gasteiger partial charge in [-0.25, -0.2) is 0 Å². The van der Waals surface area contributed by atoms with Gasteiger partial charge in [0.15, 0.2) is 5.75 Å². The van der Waals surface area contributed by atoms with Crippen molar-refractivity contribution in [3.8, 4) is 11.5 Å². The van der Waals surface area contributed by atoms with Crippen LogP contribution in [0.15, 0.2) is 42.5 Å². The second-order valence-electron chi connectivity index (χ2n) is 5.44. The monoisotopic (exact) mass is 399 g/mol. The first kappa shape index (κ1) is 18.9. The van der Waals surface area contributed by atoms with Crippen molar-refractivity contribution >= 4 is 17.3 Å². The lowest BCUT2D eigenvalue weighted by molar-refractivity contribution is -0.395. The van der Waals surface area contributed by atoms with E-state index in [0.717, 1.165) is 0 Å². The number of nitrogens with zero attached hydrogens (tertiary/aromatic N) is 2. The third-order valence-corrected chi connectivity index (χ3v) is 3.61. The van der Waals surface area contributed by atoms with Gasteiger partial charge in [0.2, 0.25) is 5.75 Å². The number of benzene rings is 2. The fraction of sp³-hybridized carbons (Fsp3) is 0.133. The SMILES string of the molecule is O=C(N[C@@]1(C(F)(F)F)Oc2cc([N+](=O)[O-])cc([N+](=O)[O-])c2O1)c1ccccc1. The average Bonchev–Trinajstić information content (AvgIpc) is 3.00. The smallest absolute Gasteiger partial charge is 0.424 e. The van der Waals surface area contributed by atoms with Crippen molar-refractivity contribution in [3.05, 3.63) is 68.3 Å². The Balaban J connectivity index is 2.06. The number of nitro benzene ring substituents is 2. The van der Waals surface area contributed by atoms with E-state index in [4.69, 9.17) is 0 Å². The van der Waals surface area contributed by atoms with Gasteiger partial charge in [0.05, 0.1) is 22.0 Å². The third kappa shape index (κ3) is 3.13. The fourth-order valence-electron chi connectivity index (χ4n) is 2.36. The first-order valence-electron chi connectivity index (χ1n) is 7.33. The number of fused-ring (bicyclic) bond motifs is 1. The summed E-state index contributed by atoms with van der Waals surface area (Å²) < 4.78 is 50.3. The molecule has 10 nitrogen and oxygen atoms in total. The Morgan fingerprint density at radius 2 is 1.68 bits per heavy atom. The number of non-ortho nitro benzene ring substituents is 1. The number of nitro groups is 2. The van der Waals surface area contributed by atoms with E-state index in [0.29, 0.717) is 12.1 Å². The van der Waals surface area contributed by atoms with Gasteiger partial charge in [0, 0.05) is 5.56 Å². The third-order valence-electron chi connectivity index (χ3n) is 3.61. The standard InChI is InChI=1S/C15H8F3N3O7/c16-14(17,18)15(19-13(22)8-4-2-1-3-5-8)27-11-7-9(20(23)24)6-10(21(25)26)12(11)28-15/h1-7H,(H,19,22)/t15-/m0/s1. The highest BCUT2D eigenvalue weighted by Gasteiger charge is 2.67. The minimum Gasteiger partial charge on any atom is -0.424 e. The van der Waals surface area contributed by atoms with Crippen LogP contribution in [0.4, 0.5) is 24.5 Å². The lowest BCUT2D eigenvalue weighted by Crippen LogP contribution is -2.64. The number of carbonyl (C=O) groups excluding carboxylic acids is 1. The summed E-state index contributed by atoms with van der Waals surface area (Å²) in [4.78, 5) is 32.0. The summed E-state index contributed by atoms with van der Waals surface area (Å²) in [7, 11) is 0. The van der Waals surface area contributed by atoms with Gasteiger partial charge in [-0.1, -0.05) is 18.2 Å². The zero-order valence-electron chi connectivity index (χ0n) is 13.4. The molecule has 146 valence electrons. The predicted molar refractivity (Wildman–Crippen MR) is 83.7 cm³/mol. The molecule has 0 saturated carbocycles. The van der Waals surface area contributed by atoms with Crippen molar-refractivity contribution in [2.75, 3.05) is 0 Å². The molecule has 13 heteroatoms. The molecule has 0 bridgehead atoms. The molecule has 1 heterocycles. The summed E-state index contributed by atoms with van der Waals surface area (Å²) in [6.45, 7) is 0. The van der Waals surface area contributed by atoms with Crippen molar-refractivity contribution in [3.63, 3.8) is 0 Å². The zero-order chi connectivity index (χ0) is 20.7. The van der Waals surface area contributed by atoms with Crippen molar-refractivity contribution < 1.29 is 37.3 Å². The zero-order valence-corrected chi connectivity index (χ0v) is 13.4. The molecule has 1 aliphatic rings. The van der Waals surface area contributed by atoms with E-state index in [1.165, 1.54) is 35.6 Å². The van der Waals surface area contributed by atoms with Gasteiger partial charge in [-0.3, -0.25) is 30.3 Å². The van der Waals surface area contributed by atoms with Gasteiger partial charge < -0.3 is 9.47 Å². The molecular formula is C15H8F3N3O7. The quantitative estimate of drug-likeness (QED) is 0.617. The van der Waals surface area contributed by atoms with Crippen LogP contribution in [0.2, 0.25) is 0 Å². The van der Waals surface area contributed by atoms with Gasteiger partial charge >= 0.3 is 17.8 Å². The summed E-state index contributed by atoms with van der Waals surface area (Å²) in [5, 5.41) is 23.5. The van der Waals surface area contributed by atoms with Crippen molar-refractivity contribution in [2.45, 2.75) is 12.1 Å². The minimum absolute atomic E-state index is 0.172. The number of ether oxygens (including phenoxy) is 2. The predicted octanol–water partition coefficient (Wildman–Crippen LogP) is 2.92. The van der Waals surface area contributed by atoms with Crippen LogP contribution in [0, 0.1) is 20.2 Å². The normalized spacial score (nSPS) is 17.8. The number of halogens is 3. The number of carbonyl (C=O) groups is 1. The first-order valence-corrected chi connectivity index (χ1v) is 7.33. The molecular weight excluding hydrogens is 391 g/mol. The summed E-state index contributed by atoms with van der Waals surface area (Å²) in [5.41, 5.74) is -2.18. The Kier molecular flexibility index (Phi) is 4.29. The topological polar surface area (TPSA) is 134 Å². The highest BCUT2D eigenvalue weighted by molar-refractivity contribution is 5.94. The molecule has 1 amide bonds. The van der Waals surface area contributed by atoms with E-state index in [2.05, 4.69) is 9.47 Å². The van der Waals surface area contributed by atoms with Crippen LogP contribution < -0.4 is 14.8 Å². The van der Waals surface area contributed by atoms with Gasteiger partial charge in [-0.15, -0.1) is 0 Å². The molecule has 1 N–H and O–H groups in total. The van der Waals surface area contributed by atoms with Gasteiger partial charge in [0.1, 0.15) is 0 Å². The van der Waals surface area contributed by atoms with Crippen LogP contribution in [0.1, 0.15) is 10.4 Å². The highest BCUT2D eigenvalue weighted by atomic mass is 19.4. The van der Waals surface area contributed by atoms with Crippen LogP contribution in [-0.4, -0.2) is 27.8 Å². The lowest BCUT2D eigenvalue weighted by atomic mass is 10.2. The van der Waals surface area contributed by atoms with Crippen molar-refractivity contribution in [1.29, 1.82) is 0 Å². The number of alkyl halides is 3. The second kappa shape index (κ2) is 6.37. The average molecular weight is 399 g/mol. The van der Waals surface area contributed by atoms with E-state index >= 15 is 0 Å². The Labute approximate surface area is 152 Å². The van der Waals surface area contributed by atoms with Gasteiger partial charge in [0.25, 0.3) is 11.6 Å². The lowest BCUT2D eigenvalue weighted by Gasteiger charge is -2.29. The molecule has 0 aromatic heterocycles. The first-order chi connectivity index (χ1) is 13.0. The Morgan fingerprint density at radius 3 is 2.21 bits per heavy atom. The largest absolute Gasteiger partial charge is 0.492 e.